The average molecular weight is 216 g/mol. The molecule has 0 spiro atoms. The summed E-state index contributed by atoms with van der Waals surface area (Å²) in [4.78, 5) is 0. The molecule has 0 N–H and O–H groups in total. The molecule has 0 heterocycles. The van der Waals surface area contributed by atoms with Crippen molar-refractivity contribution >= 4 is 10.1 Å². The van der Waals surface area contributed by atoms with Crippen molar-refractivity contribution in [2.45, 2.75) is 6.61 Å². The third-order valence-corrected chi connectivity index (χ3v) is 2.14. The zero-order valence-electron chi connectivity index (χ0n) is 8.06. The fourth-order valence-electron chi connectivity index (χ4n) is 0.897. The van der Waals surface area contributed by atoms with Crippen molar-refractivity contribution in [1.29, 1.82) is 0 Å². The second-order valence-electron chi connectivity index (χ2n) is 2.81. The number of rotatable bonds is 4. The molecule has 1 aromatic carbocycles. The Balaban J connectivity index is 2.61. The second-order valence-corrected chi connectivity index (χ2v) is 4.46. The summed E-state index contributed by atoms with van der Waals surface area (Å²) in [6.07, 6.45) is 1.02. The molecule has 0 saturated carbocycles. The molecule has 5 heteroatoms. The van der Waals surface area contributed by atoms with E-state index in [1.807, 2.05) is 0 Å². The van der Waals surface area contributed by atoms with Gasteiger partial charge in [-0.3, -0.25) is 4.18 Å². The smallest absolute Gasteiger partial charge is 0.264 e. The van der Waals surface area contributed by atoms with Crippen LogP contribution in [-0.4, -0.2) is 21.8 Å². The summed E-state index contributed by atoms with van der Waals surface area (Å²) in [7, 11) is -1.80. The van der Waals surface area contributed by atoms with E-state index in [4.69, 9.17) is 4.74 Å². The Morgan fingerprint density at radius 1 is 1.21 bits per heavy atom. The largest absolute Gasteiger partial charge is 0.497 e. The first-order valence-corrected chi connectivity index (χ1v) is 5.80. The van der Waals surface area contributed by atoms with E-state index in [0.717, 1.165) is 17.6 Å². The third kappa shape index (κ3) is 3.76. The predicted octanol–water partition coefficient (Wildman–Crippen LogP) is 1.17. The summed E-state index contributed by atoms with van der Waals surface area (Å²) >= 11 is 0. The van der Waals surface area contributed by atoms with Crippen LogP contribution in [0.2, 0.25) is 0 Å². The summed E-state index contributed by atoms with van der Waals surface area (Å²) in [5.41, 5.74) is 0.788. The van der Waals surface area contributed by atoms with Gasteiger partial charge in [0.25, 0.3) is 10.1 Å². The van der Waals surface area contributed by atoms with Crippen molar-refractivity contribution in [3.63, 3.8) is 0 Å². The molecule has 0 atom stereocenters. The van der Waals surface area contributed by atoms with Gasteiger partial charge in [-0.15, -0.1) is 0 Å². The van der Waals surface area contributed by atoms with E-state index < -0.39 is 10.1 Å². The molecule has 4 nitrogen and oxygen atoms in total. The molecule has 0 aliphatic carbocycles. The number of benzene rings is 1. The van der Waals surface area contributed by atoms with Crippen LogP contribution in [0, 0.1) is 0 Å². The summed E-state index contributed by atoms with van der Waals surface area (Å²) in [6, 6.07) is 7.01. The second kappa shape index (κ2) is 4.43. The molecule has 1 aromatic rings. The summed E-state index contributed by atoms with van der Waals surface area (Å²) in [5, 5.41) is 0. The van der Waals surface area contributed by atoms with Crippen LogP contribution in [0.5, 0.6) is 5.75 Å². The van der Waals surface area contributed by atoms with Gasteiger partial charge in [0.2, 0.25) is 0 Å². The first kappa shape index (κ1) is 11.0. The van der Waals surface area contributed by atoms with Crippen molar-refractivity contribution in [2.24, 2.45) is 0 Å². The van der Waals surface area contributed by atoms with E-state index in [0.29, 0.717) is 0 Å². The molecular weight excluding hydrogens is 204 g/mol. The van der Waals surface area contributed by atoms with Crippen LogP contribution in [0.15, 0.2) is 24.3 Å². The third-order valence-electron chi connectivity index (χ3n) is 1.60. The van der Waals surface area contributed by atoms with E-state index in [1.54, 1.807) is 31.4 Å². The molecular formula is C9H12O4S. The quantitative estimate of drug-likeness (QED) is 0.709. The van der Waals surface area contributed by atoms with Gasteiger partial charge < -0.3 is 4.74 Å². The molecule has 0 unspecified atom stereocenters. The number of ether oxygens (including phenoxy) is 1. The van der Waals surface area contributed by atoms with E-state index in [-0.39, 0.29) is 6.61 Å². The SMILES string of the molecule is COc1ccc(COS(C)(=O)=O)cc1. The summed E-state index contributed by atoms with van der Waals surface area (Å²) in [6.45, 7) is 0.0584. The van der Waals surface area contributed by atoms with Gasteiger partial charge >= 0.3 is 0 Å². The van der Waals surface area contributed by atoms with Gasteiger partial charge in [-0.25, -0.2) is 0 Å². The van der Waals surface area contributed by atoms with Crippen LogP contribution in [0.1, 0.15) is 5.56 Å². The van der Waals surface area contributed by atoms with Crippen molar-refractivity contribution in [1.82, 2.24) is 0 Å². The molecule has 14 heavy (non-hydrogen) atoms. The molecule has 0 bridgehead atoms. The van der Waals surface area contributed by atoms with E-state index >= 15 is 0 Å². The van der Waals surface area contributed by atoms with Crippen molar-refractivity contribution in [3.8, 4) is 5.75 Å². The van der Waals surface area contributed by atoms with Gasteiger partial charge in [-0.05, 0) is 17.7 Å². The lowest BCUT2D eigenvalue weighted by atomic mass is 10.2. The molecule has 0 amide bonds. The normalized spacial score (nSPS) is 11.3. The predicted molar refractivity (Wildman–Crippen MR) is 52.6 cm³/mol. The van der Waals surface area contributed by atoms with Crippen LogP contribution < -0.4 is 4.74 Å². The first-order valence-electron chi connectivity index (χ1n) is 3.98. The Morgan fingerprint density at radius 2 is 1.79 bits per heavy atom. The van der Waals surface area contributed by atoms with Crippen LogP contribution in [0.3, 0.4) is 0 Å². The Hall–Kier alpha value is -1.07. The summed E-state index contributed by atoms with van der Waals surface area (Å²) < 4.78 is 30.9. The van der Waals surface area contributed by atoms with Crippen LogP contribution in [0.4, 0.5) is 0 Å². The molecule has 0 saturated heterocycles. The lowest BCUT2D eigenvalue weighted by Crippen LogP contribution is -2.02. The van der Waals surface area contributed by atoms with Gasteiger partial charge in [0, 0.05) is 0 Å². The van der Waals surface area contributed by atoms with Crippen LogP contribution >= 0.6 is 0 Å². The van der Waals surface area contributed by atoms with Gasteiger partial charge in [-0.2, -0.15) is 8.42 Å². The summed E-state index contributed by atoms with van der Waals surface area (Å²) in [5.74, 6) is 0.730. The lowest BCUT2D eigenvalue weighted by molar-refractivity contribution is 0.311. The lowest BCUT2D eigenvalue weighted by Gasteiger charge is -2.03. The highest BCUT2D eigenvalue weighted by molar-refractivity contribution is 7.85. The van der Waals surface area contributed by atoms with Gasteiger partial charge in [-0.1, -0.05) is 12.1 Å². The molecule has 0 aromatic heterocycles. The minimum atomic E-state index is -3.37. The molecule has 78 valence electrons. The minimum absolute atomic E-state index is 0.0584. The topological polar surface area (TPSA) is 52.6 Å². The zero-order chi connectivity index (χ0) is 10.6. The average Bonchev–Trinajstić information content (AvgIpc) is 2.14. The Labute approximate surface area is 83.6 Å². The highest BCUT2D eigenvalue weighted by Gasteiger charge is 2.02. The van der Waals surface area contributed by atoms with E-state index in [1.165, 1.54) is 0 Å². The number of hydrogen-bond donors (Lipinski definition) is 0. The Morgan fingerprint density at radius 3 is 2.21 bits per heavy atom. The maximum absolute atomic E-state index is 10.7. The number of hydrogen-bond acceptors (Lipinski definition) is 4. The first-order chi connectivity index (χ1) is 6.51. The van der Waals surface area contributed by atoms with Crippen molar-refractivity contribution in [3.05, 3.63) is 29.8 Å². The molecule has 0 fully saturated rings. The molecule has 1 rings (SSSR count). The maximum Gasteiger partial charge on any atom is 0.264 e. The Kier molecular flexibility index (Phi) is 3.49. The van der Waals surface area contributed by atoms with Gasteiger partial charge in [0.15, 0.2) is 0 Å². The van der Waals surface area contributed by atoms with Gasteiger partial charge in [0.1, 0.15) is 5.75 Å². The van der Waals surface area contributed by atoms with Gasteiger partial charge in [0.05, 0.1) is 20.0 Å². The monoisotopic (exact) mass is 216 g/mol. The molecule has 0 radical (unpaired) electrons. The minimum Gasteiger partial charge on any atom is -0.497 e. The highest BCUT2D eigenvalue weighted by atomic mass is 32.2. The molecule has 0 aliphatic rings. The van der Waals surface area contributed by atoms with E-state index in [9.17, 15) is 8.42 Å². The zero-order valence-corrected chi connectivity index (χ0v) is 8.87. The van der Waals surface area contributed by atoms with Crippen molar-refractivity contribution in [2.75, 3.05) is 13.4 Å². The Bertz CT molecular complexity index is 380. The van der Waals surface area contributed by atoms with E-state index in [2.05, 4.69) is 4.18 Å². The van der Waals surface area contributed by atoms with Crippen LogP contribution in [0.25, 0.3) is 0 Å². The van der Waals surface area contributed by atoms with Crippen molar-refractivity contribution < 1.29 is 17.3 Å². The fourth-order valence-corrected chi connectivity index (χ4v) is 1.25. The maximum atomic E-state index is 10.7. The highest BCUT2D eigenvalue weighted by Crippen LogP contribution is 2.12. The number of methoxy groups -OCH3 is 1. The van der Waals surface area contributed by atoms with Crippen LogP contribution in [-0.2, 0) is 20.9 Å². The fraction of sp³-hybridized carbons (Fsp3) is 0.333. The molecule has 0 aliphatic heterocycles. The standard InChI is InChI=1S/C9H12O4S/c1-12-9-5-3-8(4-6-9)7-13-14(2,10)11/h3-6H,7H2,1-2H3.